The van der Waals surface area contributed by atoms with Crippen molar-refractivity contribution in [2.45, 2.75) is 32.4 Å². The summed E-state index contributed by atoms with van der Waals surface area (Å²) in [6, 6.07) is 5.38. The van der Waals surface area contributed by atoms with Gasteiger partial charge in [0.2, 0.25) is 0 Å². The van der Waals surface area contributed by atoms with Crippen LogP contribution in [0.5, 0.6) is 0 Å². The lowest BCUT2D eigenvalue weighted by Gasteiger charge is -2.21. The van der Waals surface area contributed by atoms with Gasteiger partial charge in [-0.15, -0.1) is 5.10 Å². The summed E-state index contributed by atoms with van der Waals surface area (Å²) in [7, 11) is 0. The third-order valence-corrected chi connectivity index (χ3v) is 3.31. The van der Waals surface area contributed by atoms with Gasteiger partial charge in [-0.05, 0) is 37.6 Å². The van der Waals surface area contributed by atoms with E-state index in [1.165, 1.54) is 28.9 Å². The molecule has 7 heteroatoms. The molecular weight excluding hydrogens is 277 g/mol. The van der Waals surface area contributed by atoms with E-state index in [4.69, 9.17) is 0 Å². The van der Waals surface area contributed by atoms with E-state index in [2.05, 4.69) is 10.3 Å². The maximum Gasteiger partial charge on any atom is 0.358 e. The second kappa shape index (κ2) is 5.61. The number of halogens is 1. The van der Waals surface area contributed by atoms with E-state index < -0.39 is 17.4 Å². The van der Waals surface area contributed by atoms with Crippen LogP contribution in [-0.2, 0) is 6.54 Å². The van der Waals surface area contributed by atoms with Gasteiger partial charge in [-0.2, -0.15) is 0 Å². The Bertz CT molecular complexity index is 650. The molecule has 1 aromatic carbocycles. The van der Waals surface area contributed by atoms with Gasteiger partial charge in [0, 0.05) is 5.56 Å². The highest BCUT2D eigenvalue weighted by atomic mass is 19.1. The third kappa shape index (κ3) is 3.25. The largest absolute Gasteiger partial charge is 0.476 e. The number of rotatable bonds is 5. The van der Waals surface area contributed by atoms with Crippen molar-refractivity contribution in [2.24, 2.45) is 0 Å². The number of benzene rings is 1. The van der Waals surface area contributed by atoms with E-state index in [1.807, 2.05) is 6.92 Å². The van der Waals surface area contributed by atoms with Crippen molar-refractivity contribution in [1.29, 1.82) is 0 Å². The normalized spacial score (nSPS) is 13.9. The number of hydrogen-bond donors (Lipinski definition) is 2. The molecule has 21 heavy (non-hydrogen) atoms. The zero-order valence-corrected chi connectivity index (χ0v) is 11.7. The number of carboxylic acids is 1. The number of aromatic nitrogens is 3. The summed E-state index contributed by atoms with van der Waals surface area (Å²) in [6.07, 6.45) is 0.470. The van der Waals surface area contributed by atoms with E-state index in [9.17, 15) is 19.4 Å². The summed E-state index contributed by atoms with van der Waals surface area (Å²) in [5.74, 6) is -1.65. The summed E-state index contributed by atoms with van der Waals surface area (Å²) < 4.78 is 14.4. The first-order chi connectivity index (χ1) is 9.84. The van der Waals surface area contributed by atoms with Crippen molar-refractivity contribution >= 4 is 5.97 Å². The maximum atomic E-state index is 13.0. The molecule has 0 spiro atoms. The van der Waals surface area contributed by atoms with Crippen molar-refractivity contribution in [3.63, 3.8) is 0 Å². The summed E-state index contributed by atoms with van der Waals surface area (Å²) in [5.41, 5.74) is -0.548. The average molecular weight is 293 g/mol. The molecule has 0 bridgehead atoms. The second-order valence-electron chi connectivity index (χ2n) is 5.11. The lowest BCUT2D eigenvalue weighted by molar-refractivity contribution is 0.0344. The van der Waals surface area contributed by atoms with Crippen LogP contribution in [0.1, 0.15) is 30.8 Å². The molecule has 1 atom stereocenters. The van der Waals surface area contributed by atoms with Gasteiger partial charge in [-0.1, -0.05) is 12.1 Å². The highest BCUT2D eigenvalue weighted by Crippen LogP contribution is 2.25. The fourth-order valence-corrected chi connectivity index (χ4v) is 1.90. The minimum atomic E-state index is -1.23. The fourth-order valence-electron chi connectivity index (χ4n) is 1.90. The number of carboxylic acid groups (broad SMARTS) is 1. The summed E-state index contributed by atoms with van der Waals surface area (Å²) in [6.45, 7) is 3.53. The lowest BCUT2D eigenvalue weighted by Crippen LogP contribution is -2.30. The lowest BCUT2D eigenvalue weighted by atomic mass is 10.0. The number of nitrogens with zero attached hydrogens (tertiary/aromatic N) is 3. The molecule has 112 valence electrons. The first-order valence-electron chi connectivity index (χ1n) is 6.49. The van der Waals surface area contributed by atoms with E-state index >= 15 is 0 Å². The minimum Gasteiger partial charge on any atom is -0.476 e. The van der Waals surface area contributed by atoms with E-state index in [0.717, 1.165) is 0 Å². The topological polar surface area (TPSA) is 88.2 Å². The quantitative estimate of drug-likeness (QED) is 0.879. The van der Waals surface area contributed by atoms with Crippen LogP contribution >= 0.6 is 0 Å². The van der Waals surface area contributed by atoms with Gasteiger partial charge in [0.05, 0.1) is 12.1 Å². The van der Waals surface area contributed by atoms with Gasteiger partial charge in [-0.25, -0.2) is 13.9 Å². The number of aliphatic hydroxyl groups is 1. The molecule has 6 nitrogen and oxygen atoms in total. The highest BCUT2D eigenvalue weighted by Gasteiger charge is 2.26. The van der Waals surface area contributed by atoms with Crippen molar-refractivity contribution in [1.82, 2.24) is 15.0 Å². The maximum absolute atomic E-state index is 13.0. The van der Waals surface area contributed by atoms with Gasteiger partial charge in [-0.3, -0.25) is 0 Å². The Labute approximate surface area is 120 Å². The molecule has 1 unspecified atom stereocenters. The molecule has 2 aromatic rings. The molecule has 0 aliphatic rings. The Hall–Kier alpha value is -2.28. The van der Waals surface area contributed by atoms with E-state index in [0.29, 0.717) is 12.0 Å². The standard InChI is InChI=1S/C14H16FN3O3/c1-3-14(2,21)8-18-12(11(13(19)20)16-17-18)9-4-6-10(15)7-5-9/h4-7,21H,3,8H2,1-2H3,(H,19,20). The Kier molecular flexibility index (Phi) is 4.04. The number of carbonyl (C=O) groups is 1. The predicted octanol–water partition coefficient (Wildman–Crippen LogP) is 1.94. The molecule has 0 saturated carbocycles. The predicted molar refractivity (Wildman–Crippen MR) is 73.3 cm³/mol. The van der Waals surface area contributed by atoms with Gasteiger partial charge in [0.15, 0.2) is 5.69 Å². The van der Waals surface area contributed by atoms with Crippen molar-refractivity contribution < 1.29 is 19.4 Å². The van der Waals surface area contributed by atoms with Gasteiger partial charge in [0.1, 0.15) is 11.5 Å². The minimum absolute atomic E-state index is 0.0937. The van der Waals surface area contributed by atoms with Crippen LogP contribution in [-0.4, -0.2) is 36.8 Å². The van der Waals surface area contributed by atoms with E-state index in [1.54, 1.807) is 6.92 Å². The molecule has 2 rings (SSSR count). The van der Waals surface area contributed by atoms with Crippen LogP contribution < -0.4 is 0 Å². The first kappa shape index (κ1) is 15.1. The molecule has 1 aromatic heterocycles. The Morgan fingerprint density at radius 2 is 2.00 bits per heavy atom. The molecule has 0 amide bonds. The summed E-state index contributed by atoms with van der Waals surface area (Å²) in [4.78, 5) is 11.3. The van der Waals surface area contributed by atoms with Crippen LogP contribution in [0.4, 0.5) is 4.39 Å². The van der Waals surface area contributed by atoms with Gasteiger partial charge >= 0.3 is 5.97 Å². The Morgan fingerprint density at radius 3 is 2.52 bits per heavy atom. The van der Waals surface area contributed by atoms with Crippen LogP contribution in [0.2, 0.25) is 0 Å². The SMILES string of the molecule is CCC(C)(O)Cn1nnc(C(=O)O)c1-c1ccc(F)cc1. The van der Waals surface area contributed by atoms with Crippen LogP contribution in [0.3, 0.4) is 0 Å². The second-order valence-corrected chi connectivity index (χ2v) is 5.11. The Balaban J connectivity index is 2.52. The Morgan fingerprint density at radius 1 is 1.38 bits per heavy atom. The zero-order chi connectivity index (χ0) is 15.6. The van der Waals surface area contributed by atoms with Gasteiger partial charge < -0.3 is 10.2 Å². The molecule has 0 fully saturated rings. The number of hydrogen-bond acceptors (Lipinski definition) is 4. The smallest absolute Gasteiger partial charge is 0.358 e. The molecule has 0 radical (unpaired) electrons. The summed E-state index contributed by atoms with van der Waals surface area (Å²) >= 11 is 0. The molecule has 2 N–H and O–H groups in total. The van der Waals surface area contributed by atoms with Crippen molar-refractivity contribution in [3.8, 4) is 11.3 Å². The highest BCUT2D eigenvalue weighted by molar-refractivity contribution is 5.92. The molecular formula is C14H16FN3O3. The number of aromatic carboxylic acids is 1. The average Bonchev–Trinajstić information content (AvgIpc) is 2.83. The first-order valence-corrected chi connectivity index (χ1v) is 6.49. The van der Waals surface area contributed by atoms with Crippen LogP contribution in [0.25, 0.3) is 11.3 Å². The van der Waals surface area contributed by atoms with Crippen LogP contribution in [0.15, 0.2) is 24.3 Å². The van der Waals surface area contributed by atoms with Gasteiger partial charge in [0.25, 0.3) is 0 Å². The monoisotopic (exact) mass is 293 g/mol. The third-order valence-electron chi connectivity index (χ3n) is 3.31. The fraction of sp³-hybridized carbons (Fsp3) is 0.357. The molecule has 0 aliphatic carbocycles. The van der Waals surface area contributed by atoms with Crippen molar-refractivity contribution in [2.75, 3.05) is 0 Å². The summed E-state index contributed by atoms with van der Waals surface area (Å²) in [5, 5.41) is 26.8. The van der Waals surface area contributed by atoms with Crippen molar-refractivity contribution in [3.05, 3.63) is 35.8 Å². The van der Waals surface area contributed by atoms with E-state index in [-0.39, 0.29) is 17.9 Å². The van der Waals surface area contributed by atoms with Crippen LogP contribution in [0, 0.1) is 5.82 Å². The molecule has 0 saturated heterocycles. The molecule has 0 aliphatic heterocycles. The zero-order valence-electron chi connectivity index (χ0n) is 11.7. The molecule has 1 heterocycles.